The summed E-state index contributed by atoms with van der Waals surface area (Å²) < 4.78 is 1.01. The predicted octanol–water partition coefficient (Wildman–Crippen LogP) is 3.50. The molecule has 18 heavy (non-hydrogen) atoms. The first-order valence-corrected chi connectivity index (χ1v) is 7.41. The molecule has 1 atom stereocenters. The SMILES string of the molecule is O=C(Cc1ccc(Br)cc1)C(O)C1CCCCC1. The van der Waals surface area contributed by atoms with Crippen LogP contribution in [0.1, 0.15) is 37.7 Å². The molecule has 0 radical (unpaired) electrons. The number of ketones is 1. The summed E-state index contributed by atoms with van der Waals surface area (Å²) in [4.78, 5) is 12.0. The molecule has 98 valence electrons. The van der Waals surface area contributed by atoms with Crippen molar-refractivity contribution in [3.8, 4) is 0 Å². The lowest BCUT2D eigenvalue weighted by atomic mass is 9.83. The molecule has 1 fully saturated rings. The lowest BCUT2D eigenvalue weighted by molar-refractivity contribution is -0.129. The van der Waals surface area contributed by atoms with E-state index in [1.54, 1.807) is 0 Å². The summed E-state index contributed by atoms with van der Waals surface area (Å²) in [5.74, 6) is 0.144. The number of hydrogen-bond acceptors (Lipinski definition) is 2. The molecular weight excluding hydrogens is 292 g/mol. The van der Waals surface area contributed by atoms with Gasteiger partial charge in [0.1, 0.15) is 6.10 Å². The fraction of sp³-hybridized carbons (Fsp3) is 0.533. The van der Waals surface area contributed by atoms with Crippen LogP contribution in [0.25, 0.3) is 0 Å². The summed E-state index contributed by atoms with van der Waals surface area (Å²) in [5.41, 5.74) is 0.970. The second-order valence-electron chi connectivity index (χ2n) is 5.11. The van der Waals surface area contributed by atoms with Gasteiger partial charge < -0.3 is 5.11 Å². The summed E-state index contributed by atoms with van der Waals surface area (Å²) in [5, 5.41) is 10.1. The second-order valence-corrected chi connectivity index (χ2v) is 6.03. The van der Waals surface area contributed by atoms with Crippen LogP contribution < -0.4 is 0 Å². The number of carbonyl (C=O) groups excluding carboxylic acids is 1. The number of Topliss-reactive ketones (excluding diaryl/α,β-unsaturated/α-hetero) is 1. The van der Waals surface area contributed by atoms with Crippen LogP contribution in [-0.4, -0.2) is 17.0 Å². The third kappa shape index (κ3) is 3.66. The molecule has 1 unspecified atom stereocenters. The fourth-order valence-electron chi connectivity index (χ4n) is 2.62. The Morgan fingerprint density at radius 3 is 2.44 bits per heavy atom. The Morgan fingerprint density at radius 2 is 1.83 bits per heavy atom. The maximum absolute atomic E-state index is 12.0. The third-order valence-corrected chi connectivity index (χ3v) is 4.25. The number of rotatable bonds is 4. The predicted molar refractivity (Wildman–Crippen MR) is 75.4 cm³/mol. The van der Waals surface area contributed by atoms with Gasteiger partial charge in [-0.05, 0) is 36.5 Å². The molecule has 0 saturated heterocycles. The molecule has 0 bridgehead atoms. The summed E-state index contributed by atoms with van der Waals surface area (Å²) >= 11 is 3.37. The molecule has 0 amide bonds. The van der Waals surface area contributed by atoms with E-state index in [-0.39, 0.29) is 11.7 Å². The van der Waals surface area contributed by atoms with Crippen molar-refractivity contribution in [1.29, 1.82) is 0 Å². The summed E-state index contributed by atoms with van der Waals surface area (Å²) in [6.45, 7) is 0. The highest BCUT2D eigenvalue weighted by atomic mass is 79.9. The molecule has 3 heteroatoms. The van der Waals surface area contributed by atoms with Crippen LogP contribution in [0.3, 0.4) is 0 Å². The van der Waals surface area contributed by atoms with E-state index in [4.69, 9.17) is 0 Å². The first kappa shape index (κ1) is 13.8. The van der Waals surface area contributed by atoms with Gasteiger partial charge in [0.05, 0.1) is 0 Å². The lowest BCUT2D eigenvalue weighted by Crippen LogP contribution is -2.32. The molecule has 0 aliphatic heterocycles. The van der Waals surface area contributed by atoms with Gasteiger partial charge in [-0.3, -0.25) is 4.79 Å². The van der Waals surface area contributed by atoms with Gasteiger partial charge in [0.25, 0.3) is 0 Å². The molecule has 0 spiro atoms. The third-order valence-electron chi connectivity index (χ3n) is 3.72. The maximum Gasteiger partial charge on any atom is 0.165 e. The van der Waals surface area contributed by atoms with Gasteiger partial charge in [0.15, 0.2) is 5.78 Å². The highest BCUT2D eigenvalue weighted by molar-refractivity contribution is 9.10. The standard InChI is InChI=1S/C15H19BrO2/c16-13-8-6-11(7-9-13)10-14(17)15(18)12-4-2-1-3-5-12/h6-9,12,15,18H,1-5,10H2. The molecule has 0 heterocycles. The highest BCUT2D eigenvalue weighted by Gasteiger charge is 2.27. The Labute approximate surface area is 117 Å². The fourth-order valence-corrected chi connectivity index (χ4v) is 2.89. The number of aliphatic hydroxyl groups is 1. The average Bonchev–Trinajstić information content (AvgIpc) is 2.41. The molecule has 1 saturated carbocycles. The first-order valence-electron chi connectivity index (χ1n) is 6.62. The minimum atomic E-state index is -0.769. The van der Waals surface area contributed by atoms with Crippen LogP contribution in [-0.2, 0) is 11.2 Å². The van der Waals surface area contributed by atoms with Crippen LogP contribution in [0, 0.1) is 5.92 Å². The number of carbonyl (C=O) groups is 1. The number of hydrogen-bond donors (Lipinski definition) is 1. The van der Waals surface area contributed by atoms with E-state index in [1.807, 2.05) is 24.3 Å². The van der Waals surface area contributed by atoms with E-state index >= 15 is 0 Å². The normalized spacial score (nSPS) is 18.6. The van der Waals surface area contributed by atoms with Gasteiger partial charge >= 0.3 is 0 Å². The van der Waals surface area contributed by atoms with E-state index in [9.17, 15) is 9.90 Å². The Morgan fingerprint density at radius 1 is 1.22 bits per heavy atom. The lowest BCUT2D eigenvalue weighted by Gasteiger charge is -2.25. The molecule has 2 rings (SSSR count). The van der Waals surface area contributed by atoms with Crippen molar-refractivity contribution >= 4 is 21.7 Å². The molecule has 1 aromatic carbocycles. The Balaban J connectivity index is 1.92. The van der Waals surface area contributed by atoms with Crippen molar-refractivity contribution in [2.45, 2.75) is 44.6 Å². The van der Waals surface area contributed by atoms with Crippen molar-refractivity contribution in [2.75, 3.05) is 0 Å². The maximum atomic E-state index is 12.0. The average molecular weight is 311 g/mol. The number of aliphatic hydroxyl groups excluding tert-OH is 1. The molecule has 1 aliphatic carbocycles. The van der Waals surface area contributed by atoms with Gasteiger partial charge in [0, 0.05) is 10.9 Å². The Bertz CT molecular complexity index is 393. The quantitative estimate of drug-likeness (QED) is 0.924. The minimum Gasteiger partial charge on any atom is -0.385 e. The van der Waals surface area contributed by atoms with Gasteiger partial charge in [-0.25, -0.2) is 0 Å². The van der Waals surface area contributed by atoms with Crippen LogP contribution in [0.15, 0.2) is 28.7 Å². The Hall–Kier alpha value is -0.670. The van der Waals surface area contributed by atoms with Gasteiger partial charge in [0.2, 0.25) is 0 Å². The molecule has 1 aromatic rings. The summed E-state index contributed by atoms with van der Waals surface area (Å²) in [6, 6.07) is 7.70. The van der Waals surface area contributed by atoms with E-state index in [0.717, 1.165) is 35.7 Å². The van der Waals surface area contributed by atoms with Crippen LogP contribution in [0.4, 0.5) is 0 Å². The molecular formula is C15H19BrO2. The van der Waals surface area contributed by atoms with Gasteiger partial charge in [-0.1, -0.05) is 47.3 Å². The van der Waals surface area contributed by atoms with Crippen molar-refractivity contribution in [1.82, 2.24) is 0 Å². The zero-order valence-electron chi connectivity index (χ0n) is 10.4. The highest BCUT2D eigenvalue weighted by Crippen LogP contribution is 2.27. The Kier molecular flexibility index (Phi) is 4.95. The topological polar surface area (TPSA) is 37.3 Å². The van der Waals surface area contributed by atoms with E-state index in [1.165, 1.54) is 6.42 Å². The smallest absolute Gasteiger partial charge is 0.165 e. The largest absolute Gasteiger partial charge is 0.385 e. The molecule has 1 aliphatic rings. The number of halogens is 1. The number of benzene rings is 1. The van der Waals surface area contributed by atoms with Crippen LogP contribution in [0.5, 0.6) is 0 Å². The minimum absolute atomic E-state index is 0.0378. The van der Waals surface area contributed by atoms with Crippen LogP contribution in [0.2, 0.25) is 0 Å². The summed E-state index contributed by atoms with van der Waals surface area (Å²) in [7, 11) is 0. The van der Waals surface area contributed by atoms with Gasteiger partial charge in [-0.15, -0.1) is 0 Å². The molecule has 2 nitrogen and oxygen atoms in total. The first-order chi connectivity index (χ1) is 8.66. The molecule has 1 N–H and O–H groups in total. The van der Waals surface area contributed by atoms with Crippen molar-refractivity contribution in [3.63, 3.8) is 0 Å². The summed E-state index contributed by atoms with van der Waals surface area (Å²) in [6.07, 6.45) is 5.09. The van der Waals surface area contributed by atoms with Crippen molar-refractivity contribution in [3.05, 3.63) is 34.3 Å². The molecule has 0 aromatic heterocycles. The van der Waals surface area contributed by atoms with Crippen molar-refractivity contribution in [2.24, 2.45) is 5.92 Å². The van der Waals surface area contributed by atoms with E-state index in [2.05, 4.69) is 15.9 Å². The van der Waals surface area contributed by atoms with E-state index < -0.39 is 6.10 Å². The van der Waals surface area contributed by atoms with Gasteiger partial charge in [-0.2, -0.15) is 0 Å². The second kappa shape index (κ2) is 6.48. The van der Waals surface area contributed by atoms with E-state index in [0.29, 0.717) is 6.42 Å². The van der Waals surface area contributed by atoms with Crippen molar-refractivity contribution < 1.29 is 9.90 Å². The zero-order valence-corrected chi connectivity index (χ0v) is 12.0. The monoisotopic (exact) mass is 310 g/mol. The zero-order chi connectivity index (χ0) is 13.0. The van der Waals surface area contributed by atoms with Crippen LogP contribution >= 0.6 is 15.9 Å².